The van der Waals surface area contributed by atoms with Crippen LogP contribution in [0.4, 0.5) is 10.5 Å². The molecule has 3 rings (SSSR count). The molecule has 154 valence electrons. The summed E-state index contributed by atoms with van der Waals surface area (Å²) in [6.07, 6.45) is -1.06. The molecule has 0 bridgehead atoms. The lowest BCUT2D eigenvalue weighted by Crippen LogP contribution is -2.33. The van der Waals surface area contributed by atoms with E-state index in [1.54, 1.807) is 19.1 Å². The number of amides is 1. The molecule has 1 amide bonds. The van der Waals surface area contributed by atoms with Crippen molar-refractivity contribution in [2.75, 3.05) is 19.1 Å². The van der Waals surface area contributed by atoms with Crippen LogP contribution in [0, 0.1) is 0 Å². The Morgan fingerprint density at radius 3 is 1.97 bits per heavy atom. The number of hydrogen-bond acceptors (Lipinski definition) is 5. The molecule has 6 nitrogen and oxygen atoms in total. The predicted molar refractivity (Wildman–Crippen MR) is 115 cm³/mol. The summed E-state index contributed by atoms with van der Waals surface area (Å²) in [4.78, 5) is 14.5. The minimum absolute atomic E-state index is 0.411. The van der Waals surface area contributed by atoms with Crippen LogP contribution in [0.5, 0.6) is 11.5 Å². The van der Waals surface area contributed by atoms with E-state index in [1.807, 2.05) is 48.5 Å². The van der Waals surface area contributed by atoms with Gasteiger partial charge in [-0.2, -0.15) is 0 Å². The molecule has 2 aromatic rings. The highest BCUT2D eigenvalue weighted by atomic mass is 28.4. The summed E-state index contributed by atoms with van der Waals surface area (Å²) in [5.74, 6) is 1.92. The highest BCUT2D eigenvalue weighted by molar-refractivity contribution is 6.70. The fourth-order valence-corrected chi connectivity index (χ4v) is 4.21. The van der Waals surface area contributed by atoms with Gasteiger partial charge in [-0.3, -0.25) is 4.90 Å². The Labute approximate surface area is 172 Å². The predicted octanol–water partition coefficient (Wildman–Crippen LogP) is 5.14. The van der Waals surface area contributed by atoms with E-state index in [-0.39, 0.29) is 0 Å². The Bertz CT molecular complexity index is 874. The first kappa shape index (κ1) is 20.8. The van der Waals surface area contributed by atoms with Gasteiger partial charge < -0.3 is 18.6 Å². The number of rotatable bonds is 7. The summed E-state index contributed by atoms with van der Waals surface area (Å²) in [5.41, 5.74) is 1.61. The molecule has 1 saturated heterocycles. The molecular formula is C22H27NO5Si. The molecule has 0 N–H and O–H groups in total. The number of carbonyl (C=O) groups excluding carboxylic acids is 1. The Kier molecular flexibility index (Phi) is 5.88. The first-order valence-corrected chi connectivity index (χ1v) is 12.8. The van der Waals surface area contributed by atoms with Gasteiger partial charge in [-0.25, -0.2) is 4.79 Å². The van der Waals surface area contributed by atoms with Crippen LogP contribution in [-0.2, 0) is 9.16 Å². The molecule has 0 spiro atoms. The van der Waals surface area contributed by atoms with Crippen molar-refractivity contribution in [1.82, 2.24) is 0 Å². The molecule has 2 atom stereocenters. The van der Waals surface area contributed by atoms with Crippen LogP contribution >= 0.6 is 0 Å². The van der Waals surface area contributed by atoms with Crippen molar-refractivity contribution < 1.29 is 23.4 Å². The molecule has 0 aliphatic carbocycles. The van der Waals surface area contributed by atoms with E-state index < -0.39 is 26.6 Å². The van der Waals surface area contributed by atoms with Crippen molar-refractivity contribution in [3.63, 3.8) is 0 Å². The normalized spacial score (nSPS) is 18.9. The molecule has 1 aliphatic heterocycles. The van der Waals surface area contributed by atoms with Gasteiger partial charge in [-0.15, -0.1) is 0 Å². The summed E-state index contributed by atoms with van der Waals surface area (Å²) in [6, 6.07) is 14.5. The highest BCUT2D eigenvalue weighted by Crippen LogP contribution is 2.41. The zero-order valence-corrected chi connectivity index (χ0v) is 18.5. The molecular weight excluding hydrogens is 386 g/mol. The van der Waals surface area contributed by atoms with Crippen molar-refractivity contribution in [1.29, 1.82) is 0 Å². The SMILES string of the molecule is C=C(O[Si](C)(C)C)[C@H]1OC(=O)N(c2ccc(OC)cc2)[C@@H]1c1ccc(OC)cc1. The number of methoxy groups -OCH3 is 2. The fraction of sp³-hybridized carbons (Fsp3) is 0.318. The number of benzene rings is 2. The standard InChI is InChI=1S/C22H27NO5Si/c1-15(28-29(4,5)6)21-20(16-7-11-18(25-2)12-8-16)23(22(24)27-21)17-9-13-19(26-3)14-10-17/h7-14,20-21H,1H2,2-6H3/t20-,21-/m1/s1. The van der Waals surface area contributed by atoms with Crippen LogP contribution in [0.2, 0.25) is 19.6 Å². The van der Waals surface area contributed by atoms with E-state index in [9.17, 15) is 4.79 Å². The van der Waals surface area contributed by atoms with Gasteiger partial charge in [-0.1, -0.05) is 18.7 Å². The number of nitrogens with zero attached hydrogens (tertiary/aromatic N) is 1. The van der Waals surface area contributed by atoms with Crippen LogP contribution in [-0.4, -0.2) is 34.7 Å². The molecule has 2 aromatic carbocycles. The van der Waals surface area contributed by atoms with E-state index in [0.717, 1.165) is 11.3 Å². The van der Waals surface area contributed by atoms with Gasteiger partial charge >= 0.3 is 6.09 Å². The molecule has 1 fully saturated rings. The van der Waals surface area contributed by atoms with Gasteiger partial charge in [0.15, 0.2) is 6.10 Å². The number of anilines is 1. The van der Waals surface area contributed by atoms with Crippen LogP contribution < -0.4 is 14.4 Å². The smallest absolute Gasteiger partial charge is 0.415 e. The van der Waals surface area contributed by atoms with E-state index in [2.05, 4.69) is 26.2 Å². The molecule has 1 aliphatic rings. The van der Waals surface area contributed by atoms with Gasteiger partial charge in [0, 0.05) is 5.69 Å². The van der Waals surface area contributed by atoms with Crippen LogP contribution in [0.15, 0.2) is 60.9 Å². The van der Waals surface area contributed by atoms with Gasteiger partial charge in [0.05, 0.1) is 14.2 Å². The van der Waals surface area contributed by atoms with E-state index in [4.69, 9.17) is 18.6 Å². The second-order valence-electron chi connectivity index (χ2n) is 7.77. The zero-order valence-electron chi connectivity index (χ0n) is 17.5. The van der Waals surface area contributed by atoms with Crippen molar-refractivity contribution in [3.8, 4) is 11.5 Å². The summed E-state index contributed by atoms with van der Waals surface area (Å²) in [7, 11) is 1.31. The fourth-order valence-electron chi connectivity index (χ4n) is 3.31. The van der Waals surface area contributed by atoms with Crippen molar-refractivity contribution in [3.05, 3.63) is 66.4 Å². The lowest BCUT2D eigenvalue weighted by Gasteiger charge is -2.29. The third kappa shape index (κ3) is 4.56. The third-order valence-corrected chi connectivity index (χ3v) is 5.43. The summed E-state index contributed by atoms with van der Waals surface area (Å²) in [5, 5.41) is 0. The lowest BCUT2D eigenvalue weighted by molar-refractivity contribution is 0.126. The first-order chi connectivity index (χ1) is 13.7. The number of hydrogen-bond donors (Lipinski definition) is 0. The number of cyclic esters (lactones) is 1. The molecule has 0 unspecified atom stereocenters. The average Bonchev–Trinajstić information content (AvgIpc) is 3.04. The molecule has 29 heavy (non-hydrogen) atoms. The quantitative estimate of drug-likeness (QED) is 0.465. The second-order valence-corrected chi connectivity index (χ2v) is 12.2. The van der Waals surface area contributed by atoms with Gasteiger partial charge in [0.1, 0.15) is 23.3 Å². The average molecular weight is 414 g/mol. The minimum atomic E-state index is -1.91. The Morgan fingerprint density at radius 2 is 1.48 bits per heavy atom. The first-order valence-electron chi connectivity index (χ1n) is 9.39. The maximum Gasteiger partial charge on any atom is 0.415 e. The van der Waals surface area contributed by atoms with Crippen LogP contribution in [0.3, 0.4) is 0 Å². The van der Waals surface area contributed by atoms with Crippen LogP contribution in [0.25, 0.3) is 0 Å². The van der Waals surface area contributed by atoms with Gasteiger partial charge in [0.2, 0.25) is 8.32 Å². The van der Waals surface area contributed by atoms with Gasteiger partial charge in [-0.05, 0) is 61.6 Å². The highest BCUT2D eigenvalue weighted by Gasteiger charge is 2.46. The topological polar surface area (TPSA) is 57.2 Å². The van der Waals surface area contributed by atoms with Crippen molar-refractivity contribution in [2.24, 2.45) is 0 Å². The van der Waals surface area contributed by atoms with E-state index >= 15 is 0 Å². The molecule has 0 radical (unpaired) electrons. The number of carbonyl (C=O) groups is 1. The molecule has 0 saturated carbocycles. The maximum absolute atomic E-state index is 12.9. The van der Waals surface area contributed by atoms with Crippen molar-refractivity contribution >= 4 is 20.1 Å². The Morgan fingerprint density at radius 1 is 0.966 bits per heavy atom. The van der Waals surface area contributed by atoms with E-state index in [1.165, 1.54) is 0 Å². The lowest BCUT2D eigenvalue weighted by atomic mass is 9.99. The summed E-state index contributed by atoms with van der Waals surface area (Å²) >= 11 is 0. The molecule has 1 heterocycles. The second kappa shape index (κ2) is 8.20. The molecule has 0 aromatic heterocycles. The van der Waals surface area contributed by atoms with Crippen LogP contribution in [0.1, 0.15) is 11.6 Å². The largest absolute Gasteiger partial charge is 0.545 e. The molecule has 7 heteroatoms. The minimum Gasteiger partial charge on any atom is -0.545 e. The Hall–Kier alpha value is -2.93. The summed E-state index contributed by atoms with van der Waals surface area (Å²) < 4.78 is 22.3. The van der Waals surface area contributed by atoms with E-state index in [0.29, 0.717) is 17.2 Å². The van der Waals surface area contributed by atoms with Crippen molar-refractivity contribution in [2.45, 2.75) is 31.8 Å². The maximum atomic E-state index is 12.9. The van der Waals surface area contributed by atoms with Gasteiger partial charge in [0.25, 0.3) is 0 Å². The number of ether oxygens (including phenoxy) is 3. The third-order valence-electron chi connectivity index (χ3n) is 4.55. The zero-order chi connectivity index (χ0) is 21.2. The monoisotopic (exact) mass is 413 g/mol. The Balaban J connectivity index is 2.02. The summed E-state index contributed by atoms with van der Waals surface area (Å²) in [6.45, 7) is 10.3.